The van der Waals surface area contributed by atoms with E-state index in [0.29, 0.717) is 12.8 Å². The fourth-order valence-corrected chi connectivity index (χ4v) is 5.87. The van der Waals surface area contributed by atoms with Gasteiger partial charge in [-0.15, -0.1) is 0 Å². The van der Waals surface area contributed by atoms with Gasteiger partial charge in [-0.2, -0.15) is 0 Å². The Balaban J connectivity index is 0.906. The third kappa shape index (κ3) is 12.0. The van der Waals surface area contributed by atoms with Crippen LogP contribution in [0.2, 0.25) is 0 Å². The molecule has 4 atom stereocenters. The Labute approximate surface area is 353 Å². The van der Waals surface area contributed by atoms with Gasteiger partial charge in [-0.05, 0) is 110 Å². The van der Waals surface area contributed by atoms with Crippen LogP contribution < -0.4 is 18.9 Å². The average molecular weight is 855 g/mol. The molecule has 2 aliphatic rings. The lowest BCUT2D eigenvalue weighted by Gasteiger charge is -2.17. The van der Waals surface area contributed by atoms with Gasteiger partial charge in [0, 0.05) is 6.08 Å². The Bertz CT molecular complexity index is 2250. The van der Waals surface area contributed by atoms with Crippen LogP contribution in [0.4, 0.5) is 9.59 Å². The minimum Gasteiger partial charge on any atom is -0.463 e. The summed E-state index contributed by atoms with van der Waals surface area (Å²) in [5, 5.41) is 0. The fourth-order valence-electron chi connectivity index (χ4n) is 5.87. The molecule has 322 valence electrons. The van der Waals surface area contributed by atoms with E-state index in [4.69, 9.17) is 47.4 Å². The van der Waals surface area contributed by atoms with Crippen LogP contribution in [0.5, 0.6) is 23.0 Å². The summed E-state index contributed by atoms with van der Waals surface area (Å²) in [4.78, 5) is 85.5. The summed E-state index contributed by atoms with van der Waals surface area (Å²) in [7, 11) is 1.17. The summed E-state index contributed by atoms with van der Waals surface area (Å²) in [5.41, 5.74) is 0.682. The summed E-state index contributed by atoms with van der Waals surface area (Å²) in [6.45, 7) is 3.51. The van der Waals surface area contributed by atoms with Crippen molar-refractivity contribution in [1.29, 1.82) is 0 Å². The third-order valence-electron chi connectivity index (χ3n) is 9.00. The molecule has 2 saturated heterocycles. The Morgan fingerprint density at radius 2 is 0.871 bits per heavy atom. The van der Waals surface area contributed by atoms with Gasteiger partial charge >= 0.3 is 42.2 Å². The van der Waals surface area contributed by atoms with Gasteiger partial charge in [-0.1, -0.05) is 6.58 Å². The van der Waals surface area contributed by atoms with E-state index in [0.717, 1.165) is 6.08 Å². The minimum absolute atomic E-state index is 0.00412. The van der Waals surface area contributed by atoms with E-state index in [9.17, 15) is 33.6 Å². The van der Waals surface area contributed by atoms with Crippen LogP contribution in [-0.2, 0) is 38.0 Å². The van der Waals surface area contributed by atoms with Crippen molar-refractivity contribution in [3.8, 4) is 23.0 Å². The van der Waals surface area contributed by atoms with Crippen molar-refractivity contribution in [2.45, 2.75) is 37.3 Å². The monoisotopic (exact) mass is 854 g/mol. The highest BCUT2D eigenvalue weighted by Crippen LogP contribution is 2.32. The Kier molecular flexibility index (Phi) is 15.0. The lowest BCUT2D eigenvalue weighted by atomic mass is 10.1. The highest BCUT2D eigenvalue weighted by Gasteiger charge is 2.51. The van der Waals surface area contributed by atoms with Crippen molar-refractivity contribution < 1.29 is 85.7 Å². The zero-order chi connectivity index (χ0) is 44.0. The van der Waals surface area contributed by atoms with Gasteiger partial charge in [0.1, 0.15) is 35.2 Å². The molecule has 2 heterocycles. The van der Waals surface area contributed by atoms with Crippen LogP contribution in [0.3, 0.4) is 0 Å². The number of carbonyl (C=O) groups excluding carboxylic acids is 7. The minimum atomic E-state index is -0.940. The number of hydrogen-bond donors (Lipinski definition) is 0. The van der Waals surface area contributed by atoms with E-state index in [-0.39, 0.29) is 71.7 Å². The van der Waals surface area contributed by atoms with Crippen LogP contribution in [0.15, 0.2) is 110 Å². The molecule has 0 N–H and O–H groups in total. The fraction of sp³-hybridized carbons (Fsp3) is 0.250. The van der Waals surface area contributed by atoms with Crippen molar-refractivity contribution in [1.82, 2.24) is 0 Å². The van der Waals surface area contributed by atoms with Gasteiger partial charge < -0.3 is 52.1 Å². The van der Waals surface area contributed by atoms with E-state index >= 15 is 0 Å². The number of carbonyl (C=O) groups is 7. The van der Waals surface area contributed by atoms with E-state index in [1.807, 2.05) is 0 Å². The second kappa shape index (κ2) is 21.1. The molecule has 2 aliphatic heterocycles. The van der Waals surface area contributed by atoms with Crippen LogP contribution in [0.1, 0.15) is 54.3 Å². The zero-order valence-corrected chi connectivity index (χ0v) is 32.9. The highest BCUT2D eigenvalue weighted by molar-refractivity contribution is 5.93. The molecular formula is C44H38O18. The van der Waals surface area contributed by atoms with E-state index in [1.54, 1.807) is 0 Å². The second-order valence-electron chi connectivity index (χ2n) is 13.2. The van der Waals surface area contributed by atoms with Gasteiger partial charge in [0.15, 0.2) is 12.2 Å². The predicted octanol–water partition coefficient (Wildman–Crippen LogP) is 5.84. The Hall–Kier alpha value is -7.57. The SMILES string of the molecule is C=CC(=O)OCCCCOC(=O)Oc1ccc(C(=O)Oc2ccc(C(=O)O[C@H]3COC4C3OC[C@@H]4OC(=O)c3ccc(OC(=O)c4ccc(OC(=O)OC)cc4)cc3)cc2)cc1. The lowest BCUT2D eigenvalue weighted by Crippen LogP contribution is -2.36. The third-order valence-corrected chi connectivity index (χ3v) is 9.00. The molecule has 2 fully saturated rings. The maximum absolute atomic E-state index is 13.0. The lowest BCUT2D eigenvalue weighted by molar-refractivity contribution is -0.137. The number of hydrogen-bond acceptors (Lipinski definition) is 18. The Morgan fingerprint density at radius 3 is 1.26 bits per heavy atom. The molecule has 18 nitrogen and oxygen atoms in total. The first-order valence-corrected chi connectivity index (χ1v) is 18.9. The first kappa shape index (κ1) is 44.0. The molecule has 4 aromatic rings. The summed E-state index contributed by atoms with van der Waals surface area (Å²) in [6.07, 6.45) is -2.84. The number of rotatable bonds is 16. The number of fused-ring (bicyclic) bond motifs is 1. The maximum atomic E-state index is 13.0. The van der Waals surface area contributed by atoms with Crippen molar-refractivity contribution in [2.24, 2.45) is 0 Å². The van der Waals surface area contributed by atoms with E-state index in [2.05, 4.69) is 11.3 Å². The van der Waals surface area contributed by atoms with Crippen molar-refractivity contribution in [3.63, 3.8) is 0 Å². The molecule has 0 radical (unpaired) electrons. The quantitative estimate of drug-likeness (QED) is 0.0322. The smallest absolute Gasteiger partial charge is 0.463 e. The van der Waals surface area contributed by atoms with Crippen LogP contribution in [0, 0.1) is 0 Å². The number of methoxy groups -OCH3 is 1. The number of benzene rings is 4. The summed E-state index contributed by atoms with van der Waals surface area (Å²) >= 11 is 0. The molecule has 0 saturated carbocycles. The average Bonchev–Trinajstić information content (AvgIpc) is 3.88. The summed E-state index contributed by atoms with van der Waals surface area (Å²) in [6, 6.07) is 22.6. The molecule has 4 aromatic carbocycles. The topological polar surface area (TPSA) is 221 Å². The normalized spacial score (nSPS) is 17.3. The molecule has 18 heteroatoms. The van der Waals surface area contributed by atoms with Crippen molar-refractivity contribution in [2.75, 3.05) is 33.5 Å². The van der Waals surface area contributed by atoms with Crippen LogP contribution in [0.25, 0.3) is 0 Å². The first-order valence-electron chi connectivity index (χ1n) is 18.9. The van der Waals surface area contributed by atoms with Crippen LogP contribution in [-0.4, -0.2) is 100 Å². The number of ether oxygens (including phenoxy) is 11. The van der Waals surface area contributed by atoms with E-state index in [1.165, 1.54) is 104 Å². The molecular weight excluding hydrogens is 816 g/mol. The van der Waals surface area contributed by atoms with Gasteiger partial charge in [-0.25, -0.2) is 33.6 Å². The molecule has 0 spiro atoms. The highest BCUT2D eigenvalue weighted by atomic mass is 16.7. The first-order chi connectivity index (χ1) is 30.0. The molecule has 0 aliphatic carbocycles. The van der Waals surface area contributed by atoms with Crippen molar-refractivity contribution in [3.05, 3.63) is 132 Å². The summed E-state index contributed by atoms with van der Waals surface area (Å²) in [5.74, 6) is -2.66. The maximum Gasteiger partial charge on any atom is 0.513 e. The largest absolute Gasteiger partial charge is 0.513 e. The zero-order valence-electron chi connectivity index (χ0n) is 32.9. The molecule has 62 heavy (non-hydrogen) atoms. The second-order valence-corrected chi connectivity index (χ2v) is 13.2. The molecule has 0 aromatic heterocycles. The molecule has 0 amide bonds. The number of unbranched alkanes of at least 4 members (excludes halogenated alkanes) is 1. The standard InChI is InChI=1S/C44H38O18/c1-3-36(45)53-22-4-5-23-54-44(51)60-33-20-12-27(13-21-33)40(47)58-31-16-8-29(9-17-31)42(49)62-35-25-56-37-34(24-55-38(35)37)61-41(48)28-6-14-30(15-7-28)57-39(46)26-10-18-32(19-11-26)59-43(50)52-2/h3,6-21,34-35,37-38H,1,4-5,22-25H2,2H3/t34-,35-,37?,38?/m0/s1. The van der Waals surface area contributed by atoms with Gasteiger partial charge in [-0.3, -0.25) is 0 Å². The van der Waals surface area contributed by atoms with Crippen LogP contribution >= 0.6 is 0 Å². The number of esters is 5. The Morgan fingerprint density at radius 1 is 0.516 bits per heavy atom. The van der Waals surface area contributed by atoms with E-state index < -0.39 is 66.6 Å². The molecule has 0 bridgehead atoms. The molecule has 6 rings (SSSR count). The predicted molar refractivity (Wildman–Crippen MR) is 209 cm³/mol. The van der Waals surface area contributed by atoms with Gasteiger partial charge in [0.25, 0.3) is 0 Å². The molecule has 2 unspecified atom stereocenters. The van der Waals surface area contributed by atoms with Gasteiger partial charge in [0.2, 0.25) is 0 Å². The van der Waals surface area contributed by atoms with Gasteiger partial charge in [0.05, 0.1) is 55.8 Å². The summed E-state index contributed by atoms with van der Waals surface area (Å²) < 4.78 is 57.9. The van der Waals surface area contributed by atoms with Crippen molar-refractivity contribution >= 4 is 42.2 Å².